The summed E-state index contributed by atoms with van der Waals surface area (Å²) in [6.07, 6.45) is 7.80. The SMILES string of the molecule is CCCCCC[C@H](NCc1c(Cl)cccc1Cl)c1ncc(-c2ccccc2)[nH]1. The molecule has 1 heterocycles. The fourth-order valence-electron chi connectivity index (χ4n) is 3.32. The van der Waals surface area contributed by atoms with Crippen molar-refractivity contribution in [3.05, 3.63) is 76.2 Å². The van der Waals surface area contributed by atoms with Crippen LogP contribution in [-0.2, 0) is 6.54 Å². The number of hydrogen-bond donors (Lipinski definition) is 2. The molecule has 0 aliphatic carbocycles. The highest BCUT2D eigenvalue weighted by Gasteiger charge is 2.16. The first-order chi connectivity index (χ1) is 13.7. The molecular weight excluding hydrogens is 389 g/mol. The predicted molar refractivity (Wildman–Crippen MR) is 119 cm³/mol. The fraction of sp³-hybridized carbons (Fsp3) is 0.348. The molecule has 0 saturated carbocycles. The van der Waals surface area contributed by atoms with Gasteiger partial charge in [0.05, 0.1) is 17.9 Å². The van der Waals surface area contributed by atoms with Gasteiger partial charge in [0.1, 0.15) is 5.82 Å². The van der Waals surface area contributed by atoms with Crippen molar-refractivity contribution in [3.63, 3.8) is 0 Å². The van der Waals surface area contributed by atoms with Crippen LogP contribution in [0, 0.1) is 0 Å². The van der Waals surface area contributed by atoms with Crippen LogP contribution in [-0.4, -0.2) is 9.97 Å². The maximum absolute atomic E-state index is 6.34. The lowest BCUT2D eigenvalue weighted by molar-refractivity contribution is 0.453. The standard InChI is InChI=1S/C23H27Cl2N3/c1-2-3-4-8-14-21(26-15-18-19(24)12-9-13-20(18)25)23-27-16-22(28-23)17-10-6-5-7-11-17/h5-7,9-13,16,21,26H,2-4,8,14-15H2,1H3,(H,27,28)/t21-/m0/s1. The third kappa shape index (κ3) is 5.60. The molecule has 0 bridgehead atoms. The zero-order valence-electron chi connectivity index (χ0n) is 16.2. The lowest BCUT2D eigenvalue weighted by Crippen LogP contribution is -2.22. The molecule has 0 saturated heterocycles. The van der Waals surface area contributed by atoms with Crippen LogP contribution in [0.25, 0.3) is 11.3 Å². The molecule has 3 nitrogen and oxygen atoms in total. The molecule has 0 amide bonds. The zero-order valence-corrected chi connectivity index (χ0v) is 17.7. The number of unbranched alkanes of at least 4 members (excludes halogenated alkanes) is 3. The van der Waals surface area contributed by atoms with Gasteiger partial charge >= 0.3 is 0 Å². The first kappa shape index (κ1) is 20.9. The van der Waals surface area contributed by atoms with Crippen molar-refractivity contribution in [2.24, 2.45) is 0 Å². The van der Waals surface area contributed by atoms with E-state index >= 15 is 0 Å². The van der Waals surface area contributed by atoms with Crippen LogP contribution >= 0.6 is 23.2 Å². The summed E-state index contributed by atoms with van der Waals surface area (Å²) < 4.78 is 0. The Morgan fingerprint density at radius 3 is 2.43 bits per heavy atom. The van der Waals surface area contributed by atoms with Gasteiger partial charge < -0.3 is 10.3 Å². The molecule has 0 unspecified atom stereocenters. The smallest absolute Gasteiger partial charge is 0.123 e. The fourth-order valence-corrected chi connectivity index (χ4v) is 3.85. The van der Waals surface area contributed by atoms with Crippen LogP contribution in [0.15, 0.2) is 54.7 Å². The number of aromatic nitrogens is 2. The lowest BCUT2D eigenvalue weighted by Gasteiger charge is -2.18. The van der Waals surface area contributed by atoms with Gasteiger partial charge in [-0.25, -0.2) is 4.98 Å². The Bertz CT molecular complexity index is 841. The van der Waals surface area contributed by atoms with E-state index in [0.717, 1.165) is 35.5 Å². The van der Waals surface area contributed by atoms with Crippen molar-refractivity contribution in [1.29, 1.82) is 0 Å². The van der Waals surface area contributed by atoms with Crippen molar-refractivity contribution < 1.29 is 0 Å². The number of nitrogens with zero attached hydrogens (tertiary/aromatic N) is 1. The third-order valence-corrected chi connectivity index (χ3v) is 5.65. The first-order valence-electron chi connectivity index (χ1n) is 9.95. The van der Waals surface area contributed by atoms with Gasteiger partial charge in [0, 0.05) is 22.2 Å². The average molecular weight is 416 g/mol. The van der Waals surface area contributed by atoms with E-state index in [9.17, 15) is 0 Å². The summed E-state index contributed by atoms with van der Waals surface area (Å²) in [6.45, 7) is 2.84. The molecule has 0 radical (unpaired) electrons. The number of aromatic amines is 1. The van der Waals surface area contributed by atoms with Crippen LogP contribution in [0.3, 0.4) is 0 Å². The minimum Gasteiger partial charge on any atom is -0.341 e. The van der Waals surface area contributed by atoms with E-state index in [0.29, 0.717) is 16.6 Å². The number of hydrogen-bond acceptors (Lipinski definition) is 2. The Balaban J connectivity index is 1.74. The Hall–Kier alpha value is -1.81. The highest BCUT2D eigenvalue weighted by atomic mass is 35.5. The number of imidazole rings is 1. The van der Waals surface area contributed by atoms with Gasteiger partial charge in [-0.05, 0) is 24.1 Å². The topological polar surface area (TPSA) is 40.7 Å². The van der Waals surface area contributed by atoms with E-state index < -0.39 is 0 Å². The number of halogens is 2. The summed E-state index contributed by atoms with van der Waals surface area (Å²) in [6, 6.07) is 16.0. The van der Waals surface area contributed by atoms with Crippen LogP contribution in [0.1, 0.15) is 56.5 Å². The minimum absolute atomic E-state index is 0.127. The molecule has 0 fully saturated rings. The summed E-state index contributed by atoms with van der Waals surface area (Å²) in [7, 11) is 0. The molecule has 0 aliphatic heterocycles. The van der Waals surface area contributed by atoms with Crippen LogP contribution < -0.4 is 5.32 Å². The van der Waals surface area contributed by atoms with Gasteiger partial charge in [0.25, 0.3) is 0 Å². The van der Waals surface area contributed by atoms with E-state index in [-0.39, 0.29) is 6.04 Å². The summed E-state index contributed by atoms with van der Waals surface area (Å²) in [5, 5.41) is 4.99. The Kier molecular flexibility index (Phi) is 7.96. The Morgan fingerprint density at radius 1 is 0.964 bits per heavy atom. The van der Waals surface area contributed by atoms with Gasteiger partial charge in [-0.1, -0.05) is 92.2 Å². The second-order valence-corrected chi connectivity index (χ2v) is 7.85. The number of nitrogens with one attached hydrogen (secondary N) is 2. The largest absolute Gasteiger partial charge is 0.341 e. The van der Waals surface area contributed by atoms with E-state index in [4.69, 9.17) is 23.2 Å². The van der Waals surface area contributed by atoms with E-state index in [1.165, 1.54) is 19.3 Å². The molecule has 3 aromatic rings. The molecular formula is C23H27Cl2N3. The maximum Gasteiger partial charge on any atom is 0.123 e. The summed E-state index contributed by atoms with van der Waals surface area (Å²) in [5.41, 5.74) is 3.10. The van der Waals surface area contributed by atoms with E-state index in [2.05, 4.69) is 34.3 Å². The zero-order chi connectivity index (χ0) is 19.8. The van der Waals surface area contributed by atoms with Crippen molar-refractivity contribution in [2.45, 2.75) is 51.6 Å². The maximum atomic E-state index is 6.34. The van der Waals surface area contributed by atoms with Gasteiger partial charge in [-0.2, -0.15) is 0 Å². The average Bonchev–Trinajstić information content (AvgIpc) is 3.20. The van der Waals surface area contributed by atoms with Crippen molar-refractivity contribution >= 4 is 23.2 Å². The highest BCUT2D eigenvalue weighted by Crippen LogP contribution is 2.27. The van der Waals surface area contributed by atoms with Crippen molar-refractivity contribution in [1.82, 2.24) is 15.3 Å². The van der Waals surface area contributed by atoms with Gasteiger partial charge in [-0.3, -0.25) is 0 Å². The molecule has 2 aromatic carbocycles. The molecule has 3 rings (SSSR count). The quantitative estimate of drug-likeness (QED) is 0.344. The van der Waals surface area contributed by atoms with Gasteiger partial charge in [0.15, 0.2) is 0 Å². The summed E-state index contributed by atoms with van der Waals surface area (Å²) in [4.78, 5) is 8.16. The first-order valence-corrected chi connectivity index (χ1v) is 10.7. The minimum atomic E-state index is 0.127. The molecule has 0 spiro atoms. The Morgan fingerprint density at radius 2 is 1.71 bits per heavy atom. The van der Waals surface area contributed by atoms with Crippen molar-refractivity contribution in [3.8, 4) is 11.3 Å². The van der Waals surface area contributed by atoms with E-state index in [1.54, 1.807) is 0 Å². The molecule has 148 valence electrons. The van der Waals surface area contributed by atoms with Gasteiger partial charge in [0.2, 0.25) is 0 Å². The Labute approximate surface area is 177 Å². The second kappa shape index (κ2) is 10.7. The molecule has 5 heteroatoms. The normalized spacial score (nSPS) is 12.2. The summed E-state index contributed by atoms with van der Waals surface area (Å²) in [5.74, 6) is 0.957. The predicted octanol–water partition coefficient (Wildman–Crippen LogP) is 7.18. The highest BCUT2D eigenvalue weighted by molar-refractivity contribution is 6.35. The van der Waals surface area contributed by atoms with Crippen LogP contribution in [0.5, 0.6) is 0 Å². The monoisotopic (exact) mass is 415 g/mol. The molecule has 28 heavy (non-hydrogen) atoms. The molecule has 2 N–H and O–H groups in total. The lowest BCUT2D eigenvalue weighted by atomic mass is 10.1. The van der Waals surface area contributed by atoms with Gasteiger partial charge in [-0.15, -0.1) is 0 Å². The third-order valence-electron chi connectivity index (χ3n) is 4.94. The summed E-state index contributed by atoms with van der Waals surface area (Å²) >= 11 is 12.7. The van der Waals surface area contributed by atoms with Crippen molar-refractivity contribution in [2.75, 3.05) is 0 Å². The molecule has 1 atom stereocenters. The molecule has 1 aromatic heterocycles. The number of benzene rings is 2. The second-order valence-electron chi connectivity index (χ2n) is 7.03. The van der Waals surface area contributed by atoms with Crippen LogP contribution in [0.4, 0.5) is 0 Å². The number of rotatable bonds is 10. The van der Waals surface area contributed by atoms with E-state index in [1.807, 2.05) is 42.6 Å². The number of H-pyrrole nitrogens is 1. The molecule has 0 aliphatic rings. The van der Waals surface area contributed by atoms with Crippen LogP contribution in [0.2, 0.25) is 10.0 Å².